The fraction of sp³-hybridized carbons (Fsp3) is 0.421. The molecule has 1 atom stereocenters. The largest absolute Gasteiger partial charge is 0.493 e. The molecule has 2 aliphatic heterocycles. The Morgan fingerprint density at radius 3 is 2.33 bits per heavy atom. The summed E-state index contributed by atoms with van der Waals surface area (Å²) < 4.78 is 55.9. The van der Waals surface area contributed by atoms with Crippen molar-refractivity contribution in [3.05, 3.63) is 50.9 Å². The first-order valence-corrected chi connectivity index (χ1v) is 9.91. The zero-order chi connectivity index (χ0) is 24.1. The molecule has 14 heteroatoms. The Labute approximate surface area is 184 Å². The van der Waals surface area contributed by atoms with Gasteiger partial charge in [0.05, 0.1) is 5.69 Å². The number of anilines is 3. The van der Waals surface area contributed by atoms with Crippen LogP contribution in [0.3, 0.4) is 0 Å². The number of carbonyl (C=O) groups is 1. The third-order valence-corrected chi connectivity index (χ3v) is 5.50. The van der Waals surface area contributed by atoms with Crippen LogP contribution < -0.4 is 26.5 Å². The molecule has 3 heterocycles. The van der Waals surface area contributed by atoms with Crippen LogP contribution in [0.2, 0.25) is 0 Å². The number of nitrogens with one attached hydrogen (secondary N) is 1. The maximum absolute atomic E-state index is 14.9. The molecule has 1 fully saturated rings. The number of alkyl halides is 3. The van der Waals surface area contributed by atoms with Gasteiger partial charge < -0.3 is 10.2 Å². The van der Waals surface area contributed by atoms with Gasteiger partial charge in [-0.25, -0.2) is 14.0 Å². The summed E-state index contributed by atoms with van der Waals surface area (Å²) in [5.74, 6) is -3.70. The quantitative estimate of drug-likeness (QED) is 0.642. The molecular weight excluding hydrogens is 452 g/mol. The fourth-order valence-electron chi connectivity index (χ4n) is 3.96. The van der Waals surface area contributed by atoms with E-state index in [1.807, 2.05) is 0 Å². The molecule has 2 aromatic rings. The molecule has 33 heavy (non-hydrogen) atoms. The van der Waals surface area contributed by atoms with Gasteiger partial charge in [-0.1, -0.05) is 12.1 Å². The Bertz CT molecular complexity index is 1200. The minimum Gasteiger partial charge on any atom is -0.327 e. The SMILES string of the molecule is Cn1c2c(c(=O)n(C)c1=O)N(c1ccccc1F)C(N1CCNCC1)N2OC(=O)C(F)(F)F. The second kappa shape index (κ2) is 8.19. The minimum absolute atomic E-state index is 0.136. The Balaban J connectivity index is 2.01. The van der Waals surface area contributed by atoms with Crippen molar-refractivity contribution in [1.82, 2.24) is 19.4 Å². The maximum atomic E-state index is 14.9. The zero-order valence-electron chi connectivity index (χ0n) is 17.6. The van der Waals surface area contributed by atoms with Crippen molar-refractivity contribution in [2.24, 2.45) is 14.1 Å². The second-order valence-corrected chi connectivity index (χ2v) is 7.53. The van der Waals surface area contributed by atoms with Crippen molar-refractivity contribution in [3.8, 4) is 0 Å². The predicted molar refractivity (Wildman–Crippen MR) is 108 cm³/mol. The number of hydrogen-bond donors (Lipinski definition) is 1. The molecule has 0 amide bonds. The van der Waals surface area contributed by atoms with E-state index in [-0.39, 0.29) is 24.5 Å². The molecule has 178 valence electrons. The highest BCUT2D eigenvalue weighted by atomic mass is 19.4. The van der Waals surface area contributed by atoms with Crippen molar-refractivity contribution < 1.29 is 27.2 Å². The number of aromatic nitrogens is 2. The van der Waals surface area contributed by atoms with Gasteiger partial charge in [0.2, 0.25) is 6.29 Å². The number of carbonyl (C=O) groups excluding carboxylic acids is 1. The molecule has 1 N–H and O–H groups in total. The van der Waals surface area contributed by atoms with E-state index < -0.39 is 41.3 Å². The average Bonchev–Trinajstić information content (AvgIpc) is 3.11. The van der Waals surface area contributed by atoms with Crippen molar-refractivity contribution in [2.75, 3.05) is 36.1 Å². The van der Waals surface area contributed by atoms with Crippen LogP contribution in [0.15, 0.2) is 33.9 Å². The van der Waals surface area contributed by atoms with Gasteiger partial charge in [0.1, 0.15) is 5.82 Å². The van der Waals surface area contributed by atoms with Crippen LogP contribution in [0.1, 0.15) is 0 Å². The predicted octanol–water partition coefficient (Wildman–Crippen LogP) is 0.390. The number of piperazine rings is 1. The highest BCUT2D eigenvalue weighted by Gasteiger charge is 2.51. The van der Waals surface area contributed by atoms with Gasteiger partial charge in [0.25, 0.3) is 5.56 Å². The molecule has 0 radical (unpaired) electrons. The summed E-state index contributed by atoms with van der Waals surface area (Å²) in [7, 11) is 2.41. The van der Waals surface area contributed by atoms with Gasteiger partial charge in [-0.3, -0.25) is 23.7 Å². The molecule has 1 aromatic heterocycles. The van der Waals surface area contributed by atoms with E-state index >= 15 is 0 Å². The van der Waals surface area contributed by atoms with Gasteiger partial charge in [-0.05, 0) is 12.1 Å². The number of halogens is 4. The first-order valence-electron chi connectivity index (χ1n) is 9.91. The summed E-state index contributed by atoms with van der Waals surface area (Å²) in [6.45, 7) is 1.43. The van der Waals surface area contributed by atoms with Crippen LogP contribution in [0.4, 0.5) is 34.8 Å². The Morgan fingerprint density at radius 1 is 1.09 bits per heavy atom. The van der Waals surface area contributed by atoms with Gasteiger partial charge in [0, 0.05) is 40.3 Å². The number of nitrogens with zero attached hydrogens (tertiary/aromatic N) is 5. The Hall–Kier alpha value is -3.39. The molecule has 0 spiro atoms. The van der Waals surface area contributed by atoms with Crippen molar-refractivity contribution in [3.63, 3.8) is 0 Å². The molecule has 0 saturated carbocycles. The molecule has 10 nitrogen and oxygen atoms in total. The Kier molecular flexibility index (Phi) is 5.66. The highest BCUT2D eigenvalue weighted by Crippen LogP contribution is 2.43. The average molecular weight is 472 g/mol. The van der Waals surface area contributed by atoms with Gasteiger partial charge >= 0.3 is 17.8 Å². The number of para-hydroxylation sites is 1. The van der Waals surface area contributed by atoms with E-state index in [0.29, 0.717) is 18.2 Å². The van der Waals surface area contributed by atoms with Gasteiger partial charge in [0.15, 0.2) is 11.5 Å². The highest BCUT2D eigenvalue weighted by molar-refractivity contribution is 5.83. The van der Waals surface area contributed by atoms with Crippen LogP contribution in [-0.4, -0.2) is 58.6 Å². The number of hydrogen-bond acceptors (Lipinski definition) is 8. The van der Waals surface area contributed by atoms with Crippen molar-refractivity contribution in [1.29, 1.82) is 0 Å². The molecule has 1 aromatic carbocycles. The van der Waals surface area contributed by atoms with E-state index in [1.165, 1.54) is 32.3 Å². The van der Waals surface area contributed by atoms with E-state index in [2.05, 4.69) is 5.32 Å². The third kappa shape index (κ3) is 3.74. The molecule has 2 aliphatic rings. The zero-order valence-corrected chi connectivity index (χ0v) is 17.6. The minimum atomic E-state index is -5.35. The topological polar surface area (TPSA) is 92.1 Å². The summed E-state index contributed by atoms with van der Waals surface area (Å²) in [4.78, 5) is 45.1. The van der Waals surface area contributed by atoms with E-state index in [1.54, 1.807) is 4.90 Å². The number of benzene rings is 1. The number of fused-ring (bicyclic) bond motifs is 1. The lowest BCUT2D eigenvalue weighted by Crippen LogP contribution is -2.60. The molecule has 1 saturated heterocycles. The van der Waals surface area contributed by atoms with E-state index in [9.17, 15) is 31.9 Å². The molecule has 0 bridgehead atoms. The lowest BCUT2D eigenvalue weighted by Gasteiger charge is -2.40. The van der Waals surface area contributed by atoms with Crippen molar-refractivity contribution in [2.45, 2.75) is 12.5 Å². The smallest absolute Gasteiger partial charge is 0.327 e. The second-order valence-electron chi connectivity index (χ2n) is 7.53. The molecular formula is C19H20F4N6O4. The summed E-state index contributed by atoms with van der Waals surface area (Å²) >= 11 is 0. The third-order valence-electron chi connectivity index (χ3n) is 5.50. The molecule has 4 rings (SSSR count). The molecule has 0 aliphatic carbocycles. The molecule has 1 unspecified atom stereocenters. The van der Waals surface area contributed by atoms with Crippen LogP contribution >= 0.6 is 0 Å². The summed E-state index contributed by atoms with van der Waals surface area (Å²) in [6, 6.07) is 5.37. The maximum Gasteiger partial charge on any atom is 0.493 e. The lowest BCUT2D eigenvalue weighted by atomic mass is 10.2. The van der Waals surface area contributed by atoms with Gasteiger partial charge in [-0.2, -0.15) is 13.2 Å². The summed E-state index contributed by atoms with van der Waals surface area (Å²) in [5.41, 5.74) is -2.19. The monoisotopic (exact) mass is 472 g/mol. The number of rotatable bonds is 3. The first-order chi connectivity index (χ1) is 15.5. The summed E-state index contributed by atoms with van der Waals surface area (Å²) in [5, 5.41) is 3.65. The normalized spacial score (nSPS) is 19.0. The number of hydroxylamine groups is 1. The van der Waals surface area contributed by atoms with Crippen LogP contribution in [0, 0.1) is 5.82 Å². The Morgan fingerprint density at radius 2 is 1.73 bits per heavy atom. The van der Waals surface area contributed by atoms with Gasteiger partial charge in [-0.15, -0.1) is 5.06 Å². The summed E-state index contributed by atoms with van der Waals surface area (Å²) in [6.07, 6.45) is -6.70. The van der Waals surface area contributed by atoms with Crippen LogP contribution in [0.25, 0.3) is 0 Å². The fourth-order valence-corrected chi connectivity index (χ4v) is 3.96. The van der Waals surface area contributed by atoms with Crippen molar-refractivity contribution >= 4 is 23.2 Å². The van der Waals surface area contributed by atoms with E-state index in [0.717, 1.165) is 20.1 Å². The van der Waals surface area contributed by atoms with E-state index in [4.69, 9.17) is 4.84 Å². The van der Waals surface area contributed by atoms with Crippen LogP contribution in [0.5, 0.6) is 0 Å². The first kappa shape index (κ1) is 22.8. The standard InChI is InChI=1S/C19H20F4N6O4/c1-25-14-13(15(30)26(2)18(25)32)28(12-6-4-3-5-11(12)20)17(27-9-7-24-8-10-27)29(14)33-16(31)19(21,22)23/h3-6,17,24H,7-10H2,1-2H3. The van der Waals surface area contributed by atoms with Crippen LogP contribution in [-0.2, 0) is 23.7 Å². The lowest BCUT2D eigenvalue weighted by molar-refractivity contribution is -0.203.